The zero-order chi connectivity index (χ0) is 14.5. The average molecular weight is 277 g/mol. The lowest BCUT2D eigenvalue weighted by atomic mass is 10.0. The molecule has 108 valence electrons. The maximum atomic E-state index is 11.7. The Balaban J connectivity index is 2.16. The first-order chi connectivity index (χ1) is 9.63. The van der Waals surface area contributed by atoms with E-state index >= 15 is 0 Å². The van der Waals surface area contributed by atoms with E-state index in [1.165, 1.54) is 7.11 Å². The third-order valence-electron chi connectivity index (χ3n) is 3.43. The fourth-order valence-electron chi connectivity index (χ4n) is 2.34. The molecule has 1 fully saturated rings. The van der Waals surface area contributed by atoms with Gasteiger partial charge in [0.15, 0.2) is 0 Å². The second-order valence-electron chi connectivity index (χ2n) is 4.73. The Morgan fingerprint density at radius 1 is 1.35 bits per heavy atom. The molecule has 0 radical (unpaired) electrons. The first-order valence-electron chi connectivity index (χ1n) is 6.51. The third-order valence-corrected chi connectivity index (χ3v) is 3.43. The predicted octanol–water partition coefficient (Wildman–Crippen LogP) is -0.122. The van der Waals surface area contributed by atoms with Gasteiger partial charge in [0.2, 0.25) is 0 Å². The van der Waals surface area contributed by atoms with Crippen molar-refractivity contribution in [2.45, 2.75) is 12.2 Å². The normalized spacial score (nSPS) is 23.1. The standard InChI is InChI=1S/C14H19N3O3/c1-17-9-8-15-11(10-6-4-3-5-7-10)12(17)16-13(18)14(19)20-2/h3-7,11-12,15H,8-9H2,1-2H3,(H,16,18). The monoisotopic (exact) mass is 277 g/mol. The van der Waals surface area contributed by atoms with Gasteiger partial charge in [-0.25, -0.2) is 4.79 Å². The molecule has 6 heteroatoms. The van der Waals surface area contributed by atoms with E-state index in [1.807, 2.05) is 42.3 Å². The van der Waals surface area contributed by atoms with Crippen LogP contribution in [0.3, 0.4) is 0 Å². The minimum absolute atomic E-state index is 0.0662. The molecule has 0 aromatic heterocycles. The molecule has 2 atom stereocenters. The zero-order valence-electron chi connectivity index (χ0n) is 11.6. The number of amides is 1. The highest BCUT2D eigenvalue weighted by molar-refractivity contribution is 6.32. The third kappa shape index (κ3) is 3.15. The van der Waals surface area contributed by atoms with Crippen molar-refractivity contribution >= 4 is 11.9 Å². The Labute approximate surface area is 118 Å². The van der Waals surface area contributed by atoms with Crippen molar-refractivity contribution in [3.63, 3.8) is 0 Å². The van der Waals surface area contributed by atoms with E-state index in [-0.39, 0.29) is 12.2 Å². The van der Waals surface area contributed by atoms with Gasteiger partial charge < -0.3 is 15.4 Å². The van der Waals surface area contributed by atoms with Gasteiger partial charge in [0, 0.05) is 13.1 Å². The number of carbonyl (C=O) groups excluding carboxylic acids is 2. The number of ether oxygens (including phenoxy) is 1. The molecule has 1 heterocycles. The second kappa shape index (κ2) is 6.49. The molecule has 6 nitrogen and oxygen atoms in total. The van der Waals surface area contributed by atoms with Crippen LogP contribution < -0.4 is 10.6 Å². The lowest BCUT2D eigenvalue weighted by molar-refractivity contribution is -0.153. The van der Waals surface area contributed by atoms with Crippen molar-refractivity contribution in [2.75, 3.05) is 27.2 Å². The number of piperazine rings is 1. The first kappa shape index (κ1) is 14.5. The molecule has 0 bridgehead atoms. The van der Waals surface area contributed by atoms with Crippen LogP contribution in [0.1, 0.15) is 11.6 Å². The van der Waals surface area contributed by atoms with Crippen LogP contribution >= 0.6 is 0 Å². The number of hydrogen-bond acceptors (Lipinski definition) is 5. The van der Waals surface area contributed by atoms with Gasteiger partial charge in [-0.3, -0.25) is 9.69 Å². The topological polar surface area (TPSA) is 70.7 Å². The highest BCUT2D eigenvalue weighted by atomic mass is 16.5. The molecule has 2 N–H and O–H groups in total. The molecule has 1 aromatic carbocycles. The van der Waals surface area contributed by atoms with Crippen molar-refractivity contribution in [3.05, 3.63) is 35.9 Å². The summed E-state index contributed by atoms with van der Waals surface area (Å²) in [5.41, 5.74) is 1.06. The van der Waals surface area contributed by atoms with Crippen LogP contribution in [0.15, 0.2) is 30.3 Å². The lowest BCUT2D eigenvalue weighted by Gasteiger charge is -2.40. The molecule has 1 aliphatic rings. The molecule has 1 amide bonds. The summed E-state index contributed by atoms with van der Waals surface area (Å²) in [4.78, 5) is 25.0. The lowest BCUT2D eigenvalue weighted by Crippen LogP contribution is -2.60. The SMILES string of the molecule is COC(=O)C(=O)NC1C(c2ccccc2)NCCN1C. The smallest absolute Gasteiger partial charge is 0.396 e. The quantitative estimate of drug-likeness (QED) is 0.582. The number of methoxy groups -OCH3 is 1. The summed E-state index contributed by atoms with van der Waals surface area (Å²) in [5.74, 6) is -1.61. The molecule has 0 spiro atoms. The first-order valence-corrected chi connectivity index (χ1v) is 6.51. The minimum atomic E-state index is -0.879. The van der Waals surface area contributed by atoms with Crippen molar-refractivity contribution in [1.29, 1.82) is 0 Å². The van der Waals surface area contributed by atoms with Crippen LogP contribution in [0.5, 0.6) is 0 Å². The average Bonchev–Trinajstić information content (AvgIpc) is 2.49. The summed E-state index contributed by atoms with van der Waals surface area (Å²) in [6.07, 6.45) is -0.294. The molecule has 0 saturated carbocycles. The molecule has 1 aliphatic heterocycles. The Morgan fingerprint density at radius 2 is 2.05 bits per heavy atom. The summed E-state index contributed by atoms with van der Waals surface area (Å²) in [7, 11) is 3.11. The van der Waals surface area contributed by atoms with Crippen LogP contribution in [0.25, 0.3) is 0 Å². The highest BCUT2D eigenvalue weighted by Gasteiger charge is 2.32. The van der Waals surface area contributed by atoms with Crippen LogP contribution in [-0.4, -0.2) is 50.2 Å². The number of rotatable bonds is 2. The number of nitrogens with one attached hydrogen (secondary N) is 2. The Hall–Kier alpha value is -1.92. The number of esters is 1. The van der Waals surface area contributed by atoms with Crippen molar-refractivity contribution in [2.24, 2.45) is 0 Å². The van der Waals surface area contributed by atoms with Gasteiger partial charge in [0.25, 0.3) is 0 Å². The van der Waals surface area contributed by atoms with Gasteiger partial charge in [-0.1, -0.05) is 30.3 Å². The zero-order valence-corrected chi connectivity index (χ0v) is 11.6. The van der Waals surface area contributed by atoms with E-state index in [0.29, 0.717) is 0 Å². The van der Waals surface area contributed by atoms with Crippen LogP contribution in [-0.2, 0) is 14.3 Å². The fraction of sp³-hybridized carbons (Fsp3) is 0.429. The van der Waals surface area contributed by atoms with E-state index < -0.39 is 11.9 Å². The maximum absolute atomic E-state index is 11.7. The Bertz CT molecular complexity index is 478. The summed E-state index contributed by atoms with van der Waals surface area (Å²) in [6, 6.07) is 9.76. The number of carbonyl (C=O) groups is 2. The van der Waals surface area contributed by atoms with E-state index in [9.17, 15) is 9.59 Å². The Morgan fingerprint density at radius 3 is 2.70 bits per heavy atom. The molecular formula is C14H19N3O3. The largest absolute Gasteiger partial charge is 0.462 e. The van der Waals surface area contributed by atoms with Gasteiger partial charge in [-0.05, 0) is 12.6 Å². The van der Waals surface area contributed by atoms with E-state index in [2.05, 4.69) is 15.4 Å². The molecule has 0 aliphatic carbocycles. The van der Waals surface area contributed by atoms with Crippen LogP contribution in [0, 0.1) is 0 Å². The maximum Gasteiger partial charge on any atom is 0.396 e. The van der Waals surface area contributed by atoms with Crippen molar-refractivity contribution < 1.29 is 14.3 Å². The molecular weight excluding hydrogens is 258 g/mol. The highest BCUT2D eigenvalue weighted by Crippen LogP contribution is 2.21. The number of benzene rings is 1. The Kier molecular flexibility index (Phi) is 4.70. The van der Waals surface area contributed by atoms with Crippen molar-refractivity contribution in [1.82, 2.24) is 15.5 Å². The summed E-state index contributed by atoms with van der Waals surface area (Å²) < 4.78 is 4.44. The van der Waals surface area contributed by atoms with Gasteiger partial charge in [-0.15, -0.1) is 0 Å². The number of likely N-dealkylation sites (N-methyl/N-ethyl adjacent to an activating group) is 1. The molecule has 20 heavy (non-hydrogen) atoms. The molecule has 2 rings (SSSR count). The van der Waals surface area contributed by atoms with Gasteiger partial charge >= 0.3 is 11.9 Å². The summed E-state index contributed by atoms with van der Waals surface area (Å²) >= 11 is 0. The summed E-state index contributed by atoms with van der Waals surface area (Å²) in [6.45, 7) is 1.61. The van der Waals surface area contributed by atoms with Crippen LogP contribution in [0.2, 0.25) is 0 Å². The molecule has 1 saturated heterocycles. The number of nitrogens with zero attached hydrogens (tertiary/aromatic N) is 1. The van der Waals surface area contributed by atoms with Crippen molar-refractivity contribution in [3.8, 4) is 0 Å². The predicted molar refractivity (Wildman–Crippen MR) is 73.8 cm³/mol. The van der Waals surface area contributed by atoms with Crippen LogP contribution in [0.4, 0.5) is 0 Å². The second-order valence-corrected chi connectivity index (χ2v) is 4.73. The van der Waals surface area contributed by atoms with Gasteiger partial charge in [-0.2, -0.15) is 0 Å². The van der Waals surface area contributed by atoms with Gasteiger partial charge in [0.1, 0.15) is 6.17 Å². The van der Waals surface area contributed by atoms with E-state index in [1.54, 1.807) is 0 Å². The van der Waals surface area contributed by atoms with E-state index in [4.69, 9.17) is 0 Å². The van der Waals surface area contributed by atoms with E-state index in [0.717, 1.165) is 18.7 Å². The van der Waals surface area contributed by atoms with Gasteiger partial charge in [0.05, 0.1) is 13.2 Å². The summed E-state index contributed by atoms with van der Waals surface area (Å²) in [5, 5.41) is 6.09. The minimum Gasteiger partial charge on any atom is -0.462 e. The number of hydrogen-bond donors (Lipinski definition) is 2. The molecule has 1 aromatic rings. The fourth-order valence-corrected chi connectivity index (χ4v) is 2.34. The molecule has 2 unspecified atom stereocenters.